The molecule has 2 aromatic carbocycles. The van der Waals surface area contributed by atoms with Crippen molar-refractivity contribution in [3.05, 3.63) is 60.4 Å². The highest BCUT2D eigenvalue weighted by atomic mass is 32.2. The van der Waals surface area contributed by atoms with Crippen molar-refractivity contribution in [3.8, 4) is 12.3 Å². The first-order valence-corrected chi connectivity index (χ1v) is 13.8. The Balaban J connectivity index is 1.52. The molecule has 2 aromatic heterocycles. The van der Waals surface area contributed by atoms with Crippen molar-refractivity contribution >= 4 is 53.8 Å². The maximum Gasteiger partial charge on any atom is 0.189 e. The van der Waals surface area contributed by atoms with E-state index in [9.17, 15) is 8.42 Å². The second kappa shape index (κ2) is 12.1. The molecular formula is C26H27N5O4S2. The fourth-order valence-electron chi connectivity index (χ4n) is 3.72. The molecule has 0 aliphatic heterocycles. The molecule has 2 heterocycles. The number of terminal acetylenes is 1. The summed E-state index contributed by atoms with van der Waals surface area (Å²) in [6, 6.07) is 14.1. The number of fused-ring (bicyclic) bond motifs is 1. The summed E-state index contributed by atoms with van der Waals surface area (Å²) in [6.07, 6.45) is 7.75. The molecule has 0 radical (unpaired) electrons. The highest BCUT2D eigenvalue weighted by Crippen LogP contribution is 2.33. The van der Waals surface area contributed by atoms with Crippen LogP contribution in [-0.2, 0) is 19.3 Å². The molecule has 4 rings (SSSR count). The van der Waals surface area contributed by atoms with Crippen LogP contribution in [0.5, 0.6) is 0 Å². The van der Waals surface area contributed by atoms with Crippen LogP contribution in [0.1, 0.15) is 18.4 Å². The number of benzene rings is 2. The van der Waals surface area contributed by atoms with Gasteiger partial charge in [0.15, 0.2) is 26.4 Å². The smallest absolute Gasteiger partial charge is 0.189 e. The second-order valence-corrected chi connectivity index (χ2v) is 11.4. The van der Waals surface area contributed by atoms with Crippen LogP contribution in [0.4, 0.5) is 22.3 Å². The zero-order valence-electron chi connectivity index (χ0n) is 20.5. The first-order valence-electron chi connectivity index (χ1n) is 11.5. The van der Waals surface area contributed by atoms with Gasteiger partial charge < -0.3 is 20.1 Å². The molecule has 0 aliphatic carbocycles. The number of rotatable bonds is 12. The van der Waals surface area contributed by atoms with Crippen molar-refractivity contribution in [1.29, 1.82) is 0 Å². The van der Waals surface area contributed by atoms with E-state index in [-0.39, 0.29) is 4.90 Å². The number of nitrogens with zero attached hydrogens (tertiary/aromatic N) is 3. The molecule has 0 amide bonds. The molecule has 2 N–H and O–H groups in total. The number of methoxy groups -OCH3 is 2. The van der Waals surface area contributed by atoms with Crippen LogP contribution in [0.25, 0.3) is 10.3 Å². The number of hydrogen-bond acceptors (Lipinski definition) is 10. The Bertz CT molecular complexity index is 1490. The number of anilines is 4. The summed E-state index contributed by atoms with van der Waals surface area (Å²) in [5, 5.41) is 6.52. The first-order chi connectivity index (χ1) is 17.9. The maximum atomic E-state index is 13.2. The zero-order chi connectivity index (χ0) is 26.3. The summed E-state index contributed by atoms with van der Waals surface area (Å²) < 4.78 is 37.3. The Morgan fingerprint density at radius 3 is 2.41 bits per heavy atom. The summed E-state index contributed by atoms with van der Waals surface area (Å²) in [6.45, 7) is 0.722. The monoisotopic (exact) mass is 537 g/mol. The van der Waals surface area contributed by atoms with Gasteiger partial charge in [0.25, 0.3) is 0 Å². The number of aromatic nitrogens is 3. The van der Waals surface area contributed by atoms with Crippen LogP contribution < -0.4 is 10.6 Å². The summed E-state index contributed by atoms with van der Waals surface area (Å²) in [7, 11) is -0.417. The Hall–Kier alpha value is -3.56. The van der Waals surface area contributed by atoms with Crippen molar-refractivity contribution in [3.63, 3.8) is 0 Å². The molecule has 4 aromatic rings. The lowest BCUT2D eigenvalue weighted by Crippen LogP contribution is -2.24. The topological polar surface area (TPSA) is 115 Å². The standard InChI is InChI=1S/C26H27N5O4S2/c1-4-18-6-5-7-20(16-18)29-24-23-25(28-17-27-24)31-26(36-23)30-19-8-10-21(11-9-19)37(32,33)22(12-14-34-2)13-15-35-3/h1,5-11,16-17,22H,12-15H2,2-3H3,(H2,27,28,29,30,31). The molecule has 0 aliphatic rings. The van der Waals surface area contributed by atoms with Gasteiger partial charge in [0.2, 0.25) is 0 Å². The molecule has 0 fully saturated rings. The summed E-state index contributed by atoms with van der Waals surface area (Å²) in [4.78, 5) is 13.4. The Morgan fingerprint density at radius 1 is 1.00 bits per heavy atom. The van der Waals surface area contributed by atoms with E-state index in [1.807, 2.05) is 24.3 Å². The minimum atomic E-state index is -3.54. The fourth-order valence-corrected chi connectivity index (χ4v) is 6.31. The third-order valence-electron chi connectivity index (χ3n) is 5.64. The Morgan fingerprint density at radius 2 is 1.73 bits per heavy atom. The molecule has 0 bridgehead atoms. The number of thiazole rings is 1. The number of hydrogen-bond donors (Lipinski definition) is 2. The molecule has 37 heavy (non-hydrogen) atoms. The van der Waals surface area contributed by atoms with Crippen LogP contribution in [0.15, 0.2) is 59.8 Å². The van der Waals surface area contributed by atoms with Crippen molar-refractivity contribution in [2.75, 3.05) is 38.1 Å². The Kier molecular flexibility index (Phi) is 8.68. The van der Waals surface area contributed by atoms with Crippen molar-refractivity contribution in [2.45, 2.75) is 23.0 Å². The SMILES string of the molecule is C#Cc1cccc(Nc2ncnc3nc(Nc4ccc(S(=O)(=O)C(CCOC)CCOC)cc4)sc23)c1. The van der Waals surface area contributed by atoms with Crippen LogP contribution in [0, 0.1) is 12.3 Å². The van der Waals surface area contributed by atoms with Gasteiger partial charge in [0, 0.05) is 44.4 Å². The van der Waals surface area contributed by atoms with Crippen LogP contribution >= 0.6 is 11.3 Å². The zero-order valence-corrected chi connectivity index (χ0v) is 22.1. The van der Waals surface area contributed by atoms with Gasteiger partial charge in [-0.1, -0.05) is 23.3 Å². The quantitative estimate of drug-likeness (QED) is 0.247. The van der Waals surface area contributed by atoms with E-state index >= 15 is 0 Å². The Labute approximate surface area is 220 Å². The van der Waals surface area contributed by atoms with Crippen molar-refractivity contribution < 1.29 is 17.9 Å². The van der Waals surface area contributed by atoms with Gasteiger partial charge in [0.05, 0.1) is 10.1 Å². The third-order valence-corrected chi connectivity index (χ3v) is 8.89. The van der Waals surface area contributed by atoms with Gasteiger partial charge in [-0.15, -0.1) is 6.42 Å². The molecule has 11 heteroatoms. The van der Waals surface area contributed by atoms with E-state index in [4.69, 9.17) is 15.9 Å². The molecule has 0 spiro atoms. The summed E-state index contributed by atoms with van der Waals surface area (Å²) >= 11 is 1.38. The van der Waals surface area contributed by atoms with Crippen molar-refractivity contribution in [1.82, 2.24) is 15.0 Å². The molecular weight excluding hydrogens is 510 g/mol. The number of nitrogens with one attached hydrogen (secondary N) is 2. The lowest BCUT2D eigenvalue weighted by molar-refractivity contribution is 0.173. The average Bonchev–Trinajstić information content (AvgIpc) is 3.32. The minimum Gasteiger partial charge on any atom is -0.385 e. The second-order valence-electron chi connectivity index (χ2n) is 8.12. The normalized spacial score (nSPS) is 11.5. The first kappa shape index (κ1) is 26.5. The fraction of sp³-hybridized carbons (Fsp3) is 0.269. The van der Waals surface area contributed by atoms with Gasteiger partial charge in [-0.2, -0.15) is 4.98 Å². The van der Waals surface area contributed by atoms with Crippen molar-refractivity contribution in [2.24, 2.45) is 0 Å². The molecule has 9 nitrogen and oxygen atoms in total. The summed E-state index contributed by atoms with van der Waals surface area (Å²) in [5.41, 5.74) is 2.81. The third kappa shape index (κ3) is 6.42. The van der Waals surface area contributed by atoms with Gasteiger partial charge in [-0.05, 0) is 55.3 Å². The lowest BCUT2D eigenvalue weighted by Gasteiger charge is -2.17. The van der Waals surface area contributed by atoms with Gasteiger partial charge >= 0.3 is 0 Å². The van der Waals surface area contributed by atoms with Crippen LogP contribution in [0.2, 0.25) is 0 Å². The van der Waals surface area contributed by atoms with E-state index in [0.29, 0.717) is 48.3 Å². The van der Waals surface area contributed by atoms with E-state index in [1.54, 1.807) is 38.5 Å². The van der Waals surface area contributed by atoms with E-state index in [0.717, 1.165) is 16.0 Å². The molecule has 192 valence electrons. The van der Waals surface area contributed by atoms with E-state index in [1.165, 1.54) is 17.7 Å². The van der Waals surface area contributed by atoms with E-state index < -0.39 is 15.1 Å². The largest absolute Gasteiger partial charge is 0.385 e. The predicted molar refractivity (Wildman–Crippen MR) is 147 cm³/mol. The van der Waals surface area contributed by atoms with Crippen LogP contribution in [-0.4, -0.2) is 56.1 Å². The number of sulfone groups is 1. The van der Waals surface area contributed by atoms with Gasteiger partial charge in [-0.3, -0.25) is 0 Å². The highest BCUT2D eigenvalue weighted by Gasteiger charge is 2.27. The predicted octanol–water partition coefficient (Wildman–Crippen LogP) is 4.77. The molecule has 0 atom stereocenters. The molecule has 0 saturated heterocycles. The summed E-state index contributed by atoms with van der Waals surface area (Å²) in [5.74, 6) is 3.23. The average molecular weight is 538 g/mol. The maximum absolute atomic E-state index is 13.2. The number of ether oxygens (including phenoxy) is 2. The highest BCUT2D eigenvalue weighted by molar-refractivity contribution is 7.92. The minimum absolute atomic E-state index is 0.256. The lowest BCUT2D eigenvalue weighted by atomic mass is 10.2. The molecule has 0 unspecified atom stereocenters. The van der Waals surface area contributed by atoms with Gasteiger partial charge in [-0.25, -0.2) is 18.4 Å². The van der Waals surface area contributed by atoms with Gasteiger partial charge in [0.1, 0.15) is 11.0 Å². The van der Waals surface area contributed by atoms with Crippen LogP contribution in [0.3, 0.4) is 0 Å². The van der Waals surface area contributed by atoms with E-state index in [2.05, 4.69) is 31.5 Å². The molecule has 0 saturated carbocycles.